The monoisotopic (exact) mass is 298 g/mol. The predicted molar refractivity (Wildman–Crippen MR) is 88.5 cm³/mol. The van der Waals surface area contributed by atoms with E-state index in [0.29, 0.717) is 6.79 Å². The molecule has 0 heterocycles. The summed E-state index contributed by atoms with van der Waals surface area (Å²) < 4.78 is 11.6. The van der Waals surface area contributed by atoms with Gasteiger partial charge in [0.1, 0.15) is 5.75 Å². The van der Waals surface area contributed by atoms with Gasteiger partial charge in [-0.1, -0.05) is 24.8 Å². The molecule has 1 aromatic carbocycles. The SMILES string of the molecule is C=Cc1ccc(OCOCC2C3CC4CC(C3)CC2C4)cc1. The molecule has 118 valence electrons. The van der Waals surface area contributed by atoms with Crippen LogP contribution < -0.4 is 4.74 Å². The van der Waals surface area contributed by atoms with Gasteiger partial charge < -0.3 is 9.47 Å². The van der Waals surface area contributed by atoms with E-state index in [1.165, 1.54) is 32.1 Å². The smallest absolute Gasteiger partial charge is 0.189 e. The van der Waals surface area contributed by atoms with Crippen molar-refractivity contribution < 1.29 is 9.47 Å². The normalized spacial score (nSPS) is 35.5. The highest BCUT2D eigenvalue weighted by atomic mass is 16.7. The molecule has 0 aromatic heterocycles. The first-order valence-corrected chi connectivity index (χ1v) is 8.75. The highest BCUT2D eigenvalue weighted by molar-refractivity contribution is 5.48. The molecule has 2 heteroatoms. The summed E-state index contributed by atoms with van der Waals surface area (Å²) in [5.41, 5.74) is 1.11. The molecule has 0 N–H and O–H groups in total. The summed E-state index contributed by atoms with van der Waals surface area (Å²) in [4.78, 5) is 0. The van der Waals surface area contributed by atoms with Crippen molar-refractivity contribution >= 4 is 6.08 Å². The lowest BCUT2D eigenvalue weighted by atomic mass is 9.52. The van der Waals surface area contributed by atoms with Gasteiger partial charge in [0.25, 0.3) is 0 Å². The Hall–Kier alpha value is -1.28. The Labute approximate surface area is 133 Å². The zero-order valence-electron chi connectivity index (χ0n) is 13.2. The number of hydrogen-bond acceptors (Lipinski definition) is 2. The van der Waals surface area contributed by atoms with Crippen molar-refractivity contribution in [1.29, 1.82) is 0 Å². The van der Waals surface area contributed by atoms with E-state index in [-0.39, 0.29) is 0 Å². The van der Waals surface area contributed by atoms with Gasteiger partial charge in [0.05, 0.1) is 6.61 Å². The van der Waals surface area contributed by atoms with Crippen LogP contribution in [0.3, 0.4) is 0 Å². The molecular formula is C20H26O2. The van der Waals surface area contributed by atoms with E-state index in [1.807, 2.05) is 30.3 Å². The van der Waals surface area contributed by atoms with E-state index >= 15 is 0 Å². The Bertz CT molecular complexity index is 491. The number of rotatable bonds is 6. The molecule has 4 fully saturated rings. The summed E-state index contributed by atoms with van der Waals surface area (Å²) in [5, 5.41) is 0. The lowest BCUT2D eigenvalue weighted by Crippen LogP contribution is -2.46. The third-order valence-corrected chi connectivity index (χ3v) is 6.16. The van der Waals surface area contributed by atoms with Gasteiger partial charge in [0, 0.05) is 0 Å². The Morgan fingerprint density at radius 3 is 2.18 bits per heavy atom. The zero-order chi connectivity index (χ0) is 14.9. The predicted octanol–water partition coefficient (Wildman–Crippen LogP) is 4.75. The van der Waals surface area contributed by atoms with E-state index < -0.39 is 0 Å². The summed E-state index contributed by atoms with van der Waals surface area (Å²) in [6, 6.07) is 7.98. The second-order valence-corrected chi connectivity index (χ2v) is 7.50. The average molecular weight is 298 g/mol. The molecule has 0 unspecified atom stereocenters. The highest BCUT2D eigenvalue weighted by Crippen LogP contribution is 2.56. The van der Waals surface area contributed by atoms with Crippen molar-refractivity contribution in [3.63, 3.8) is 0 Å². The Kier molecular flexibility index (Phi) is 3.96. The molecule has 5 rings (SSSR count). The van der Waals surface area contributed by atoms with Gasteiger partial charge in [-0.05, 0) is 79.4 Å². The third kappa shape index (κ3) is 2.81. The second kappa shape index (κ2) is 6.08. The molecule has 0 saturated heterocycles. The third-order valence-electron chi connectivity index (χ3n) is 6.16. The number of hydrogen-bond donors (Lipinski definition) is 0. The molecule has 1 aromatic rings. The summed E-state index contributed by atoms with van der Waals surface area (Å²) >= 11 is 0. The number of ether oxygens (including phenoxy) is 2. The van der Waals surface area contributed by atoms with Gasteiger partial charge in [-0.2, -0.15) is 0 Å². The van der Waals surface area contributed by atoms with Crippen LogP contribution >= 0.6 is 0 Å². The van der Waals surface area contributed by atoms with Gasteiger partial charge in [-0.15, -0.1) is 0 Å². The maximum atomic E-state index is 5.88. The van der Waals surface area contributed by atoms with Crippen molar-refractivity contribution in [1.82, 2.24) is 0 Å². The van der Waals surface area contributed by atoms with Crippen LogP contribution in [-0.4, -0.2) is 13.4 Å². The lowest BCUT2D eigenvalue weighted by Gasteiger charge is -2.54. The maximum Gasteiger partial charge on any atom is 0.189 e. The van der Waals surface area contributed by atoms with E-state index in [2.05, 4.69) is 6.58 Å². The largest absolute Gasteiger partial charge is 0.468 e. The first-order valence-electron chi connectivity index (χ1n) is 8.75. The second-order valence-electron chi connectivity index (χ2n) is 7.50. The average Bonchev–Trinajstić information content (AvgIpc) is 2.53. The van der Waals surface area contributed by atoms with Crippen molar-refractivity contribution in [3.05, 3.63) is 36.4 Å². The molecule has 4 aliphatic rings. The number of benzene rings is 1. The van der Waals surface area contributed by atoms with Crippen molar-refractivity contribution in [3.8, 4) is 5.75 Å². The molecule has 0 aliphatic heterocycles. The Balaban J connectivity index is 1.24. The minimum Gasteiger partial charge on any atom is -0.468 e. The molecule has 4 bridgehead atoms. The fourth-order valence-corrected chi connectivity index (χ4v) is 5.30. The van der Waals surface area contributed by atoms with Gasteiger partial charge in [0.2, 0.25) is 0 Å². The Morgan fingerprint density at radius 1 is 0.955 bits per heavy atom. The topological polar surface area (TPSA) is 18.5 Å². The molecule has 22 heavy (non-hydrogen) atoms. The van der Waals surface area contributed by atoms with Gasteiger partial charge in [0.15, 0.2) is 6.79 Å². The van der Waals surface area contributed by atoms with Gasteiger partial charge >= 0.3 is 0 Å². The summed E-state index contributed by atoms with van der Waals surface area (Å²) in [5.74, 6) is 5.61. The Morgan fingerprint density at radius 2 is 1.59 bits per heavy atom. The molecule has 4 saturated carbocycles. The molecule has 2 nitrogen and oxygen atoms in total. The van der Waals surface area contributed by atoms with Crippen LogP contribution in [-0.2, 0) is 4.74 Å². The van der Waals surface area contributed by atoms with Crippen LogP contribution in [0.1, 0.15) is 37.7 Å². The molecule has 0 amide bonds. The molecule has 0 spiro atoms. The van der Waals surface area contributed by atoms with Crippen molar-refractivity contribution in [2.45, 2.75) is 32.1 Å². The highest BCUT2D eigenvalue weighted by Gasteiger charge is 2.47. The standard InChI is InChI=1S/C20H26O2/c1-2-14-3-5-19(6-4-14)22-13-21-12-20-17-8-15-7-16(10-17)11-18(20)9-15/h2-6,15-18,20H,1,7-13H2. The first kappa shape index (κ1) is 14.3. The summed E-state index contributed by atoms with van der Waals surface area (Å²) in [6.45, 7) is 5.02. The van der Waals surface area contributed by atoms with Crippen molar-refractivity contribution in [2.24, 2.45) is 29.6 Å². The van der Waals surface area contributed by atoms with Gasteiger partial charge in [-0.3, -0.25) is 0 Å². The van der Waals surface area contributed by atoms with E-state index in [0.717, 1.165) is 47.5 Å². The van der Waals surface area contributed by atoms with Crippen LogP contribution in [0.25, 0.3) is 6.08 Å². The maximum absolute atomic E-state index is 5.88. The van der Waals surface area contributed by atoms with Crippen LogP contribution in [0.4, 0.5) is 0 Å². The van der Waals surface area contributed by atoms with Gasteiger partial charge in [-0.25, -0.2) is 0 Å². The van der Waals surface area contributed by atoms with Crippen LogP contribution in [0, 0.1) is 29.6 Å². The molecule has 4 aliphatic carbocycles. The zero-order valence-corrected chi connectivity index (χ0v) is 13.2. The lowest BCUT2D eigenvalue weighted by molar-refractivity contribution is -0.0912. The quantitative estimate of drug-likeness (QED) is 0.557. The molecular weight excluding hydrogens is 272 g/mol. The van der Waals surface area contributed by atoms with Crippen LogP contribution in [0.15, 0.2) is 30.8 Å². The van der Waals surface area contributed by atoms with Crippen LogP contribution in [0.2, 0.25) is 0 Å². The van der Waals surface area contributed by atoms with Crippen LogP contribution in [0.5, 0.6) is 5.75 Å². The molecule has 0 radical (unpaired) electrons. The van der Waals surface area contributed by atoms with E-state index in [9.17, 15) is 0 Å². The summed E-state index contributed by atoms with van der Waals surface area (Å²) in [7, 11) is 0. The fourth-order valence-electron chi connectivity index (χ4n) is 5.30. The van der Waals surface area contributed by atoms with E-state index in [4.69, 9.17) is 9.47 Å². The minimum absolute atomic E-state index is 0.371. The molecule has 0 atom stereocenters. The van der Waals surface area contributed by atoms with Crippen molar-refractivity contribution in [2.75, 3.05) is 13.4 Å². The van der Waals surface area contributed by atoms with E-state index in [1.54, 1.807) is 0 Å². The first-order chi connectivity index (χ1) is 10.8. The minimum atomic E-state index is 0.371. The summed E-state index contributed by atoms with van der Waals surface area (Å²) in [6.07, 6.45) is 9.21. The fraction of sp³-hybridized carbons (Fsp3) is 0.600.